The van der Waals surface area contributed by atoms with Gasteiger partial charge in [0, 0.05) is 0 Å². The van der Waals surface area contributed by atoms with Gasteiger partial charge >= 0.3 is 5.97 Å². The summed E-state index contributed by atoms with van der Waals surface area (Å²) in [5, 5.41) is 17.5. The Morgan fingerprint density at radius 2 is 2.11 bits per heavy atom. The molecule has 0 radical (unpaired) electrons. The molecule has 7 nitrogen and oxygen atoms in total. The molecule has 0 spiro atoms. The number of nitrogens with zero attached hydrogens (tertiary/aromatic N) is 2. The van der Waals surface area contributed by atoms with E-state index < -0.39 is 5.97 Å². The number of amides is 1. The lowest BCUT2D eigenvalue weighted by molar-refractivity contribution is -0.115. The zero-order valence-electron chi connectivity index (χ0n) is 9.25. The summed E-state index contributed by atoms with van der Waals surface area (Å²) < 4.78 is 0. The van der Waals surface area contributed by atoms with Gasteiger partial charge in [0.25, 0.3) is 0 Å². The van der Waals surface area contributed by atoms with Crippen molar-refractivity contribution in [3.05, 3.63) is 41.7 Å². The Labute approximate surface area is 102 Å². The molecule has 0 aliphatic carbocycles. The number of hydrogen-bond donors (Lipinski definition) is 3. The predicted molar refractivity (Wildman–Crippen MR) is 62.1 cm³/mol. The lowest BCUT2D eigenvalue weighted by atomic mass is 10.0. The average Bonchev–Trinajstić information content (AvgIpc) is 2.82. The number of aromatic carboxylic acids is 1. The molecule has 0 bridgehead atoms. The van der Waals surface area contributed by atoms with E-state index in [1.165, 1.54) is 12.4 Å². The van der Waals surface area contributed by atoms with E-state index in [0.717, 1.165) is 0 Å². The highest BCUT2D eigenvalue weighted by Crippen LogP contribution is 2.10. The van der Waals surface area contributed by atoms with Crippen LogP contribution in [-0.4, -0.2) is 32.2 Å². The van der Waals surface area contributed by atoms with Gasteiger partial charge in [-0.15, -0.1) is 0 Å². The van der Waals surface area contributed by atoms with Crippen LogP contribution in [0.1, 0.15) is 15.9 Å². The number of anilines is 1. The van der Waals surface area contributed by atoms with Gasteiger partial charge in [-0.25, -0.2) is 9.89 Å². The van der Waals surface area contributed by atoms with Crippen LogP contribution in [-0.2, 0) is 11.2 Å². The zero-order valence-corrected chi connectivity index (χ0v) is 9.25. The van der Waals surface area contributed by atoms with Gasteiger partial charge in [0.15, 0.2) is 0 Å². The van der Waals surface area contributed by atoms with Crippen LogP contribution in [0, 0.1) is 0 Å². The van der Waals surface area contributed by atoms with Crippen molar-refractivity contribution in [3.63, 3.8) is 0 Å². The average molecular weight is 246 g/mol. The van der Waals surface area contributed by atoms with Gasteiger partial charge in [-0.2, -0.15) is 10.1 Å². The quantitative estimate of drug-likeness (QED) is 0.735. The minimum absolute atomic E-state index is 0.0385. The molecule has 0 aliphatic rings. The first kappa shape index (κ1) is 11.8. The number of nitrogens with one attached hydrogen (secondary N) is 2. The molecule has 18 heavy (non-hydrogen) atoms. The molecule has 0 saturated heterocycles. The van der Waals surface area contributed by atoms with E-state index in [0.29, 0.717) is 5.56 Å². The maximum absolute atomic E-state index is 11.7. The second-order valence-electron chi connectivity index (χ2n) is 3.52. The van der Waals surface area contributed by atoms with Crippen molar-refractivity contribution in [3.8, 4) is 0 Å². The minimum atomic E-state index is -1.06. The van der Waals surface area contributed by atoms with Crippen molar-refractivity contribution in [2.24, 2.45) is 0 Å². The van der Waals surface area contributed by atoms with Crippen LogP contribution in [0.3, 0.4) is 0 Å². The van der Waals surface area contributed by atoms with Crippen molar-refractivity contribution >= 4 is 17.8 Å². The summed E-state index contributed by atoms with van der Waals surface area (Å²) in [6.07, 6.45) is 1.23. The normalized spacial score (nSPS) is 10.0. The Balaban J connectivity index is 2.09. The topological polar surface area (TPSA) is 108 Å². The van der Waals surface area contributed by atoms with E-state index in [-0.39, 0.29) is 23.8 Å². The molecule has 0 atom stereocenters. The Hall–Kier alpha value is -2.70. The van der Waals surface area contributed by atoms with Crippen molar-refractivity contribution in [2.75, 3.05) is 5.32 Å². The van der Waals surface area contributed by atoms with E-state index >= 15 is 0 Å². The number of rotatable bonds is 4. The molecule has 1 aromatic carbocycles. The lowest BCUT2D eigenvalue weighted by Crippen LogP contribution is -2.17. The fraction of sp³-hybridized carbons (Fsp3) is 0.0909. The highest BCUT2D eigenvalue weighted by atomic mass is 16.4. The monoisotopic (exact) mass is 246 g/mol. The summed E-state index contributed by atoms with van der Waals surface area (Å²) >= 11 is 0. The number of carbonyl (C=O) groups is 2. The van der Waals surface area contributed by atoms with Crippen molar-refractivity contribution in [1.82, 2.24) is 15.2 Å². The Bertz CT molecular complexity index is 565. The van der Waals surface area contributed by atoms with Gasteiger partial charge in [0.1, 0.15) is 6.33 Å². The summed E-state index contributed by atoms with van der Waals surface area (Å²) in [6, 6.07) is 6.35. The Morgan fingerprint density at radius 1 is 1.33 bits per heavy atom. The Morgan fingerprint density at radius 3 is 2.78 bits per heavy atom. The summed E-state index contributed by atoms with van der Waals surface area (Å²) in [6.45, 7) is 0. The predicted octanol–water partition coefficient (Wildman–Crippen LogP) is 0.684. The van der Waals surface area contributed by atoms with Gasteiger partial charge in [-0.05, 0) is 11.6 Å². The number of hydrogen-bond acceptors (Lipinski definition) is 4. The van der Waals surface area contributed by atoms with Gasteiger partial charge in [-0.3, -0.25) is 10.1 Å². The third-order valence-electron chi connectivity index (χ3n) is 2.27. The second kappa shape index (κ2) is 5.09. The number of benzene rings is 1. The molecule has 0 unspecified atom stereocenters. The molecule has 3 N–H and O–H groups in total. The standard InChI is InChI=1S/C11H10N4O3/c16-9(14-11-12-6-13-15-11)5-7-3-1-2-4-8(7)10(17)18/h1-4,6H,5H2,(H,17,18)(H2,12,13,14,15,16). The van der Waals surface area contributed by atoms with Crippen molar-refractivity contribution in [1.29, 1.82) is 0 Å². The third kappa shape index (κ3) is 2.70. The molecule has 0 saturated carbocycles. The van der Waals surface area contributed by atoms with Crippen LogP contribution in [0.5, 0.6) is 0 Å². The van der Waals surface area contributed by atoms with Gasteiger partial charge in [0.05, 0.1) is 12.0 Å². The molecule has 1 amide bonds. The summed E-state index contributed by atoms with van der Waals surface area (Å²) in [5.74, 6) is -1.19. The highest BCUT2D eigenvalue weighted by Gasteiger charge is 2.13. The van der Waals surface area contributed by atoms with E-state index in [1.807, 2.05) is 0 Å². The second-order valence-corrected chi connectivity index (χ2v) is 3.52. The van der Waals surface area contributed by atoms with E-state index in [9.17, 15) is 9.59 Å². The Kier molecular flexibility index (Phi) is 3.33. The number of carboxylic acids is 1. The maximum Gasteiger partial charge on any atom is 0.335 e. The third-order valence-corrected chi connectivity index (χ3v) is 2.27. The molecule has 2 rings (SSSR count). The molecule has 1 aromatic heterocycles. The number of aromatic amines is 1. The highest BCUT2D eigenvalue weighted by molar-refractivity contribution is 5.95. The van der Waals surface area contributed by atoms with Crippen LogP contribution in [0.15, 0.2) is 30.6 Å². The molecule has 0 aliphatic heterocycles. The van der Waals surface area contributed by atoms with Crippen LogP contribution >= 0.6 is 0 Å². The zero-order chi connectivity index (χ0) is 13.0. The molecule has 2 aromatic rings. The van der Waals surface area contributed by atoms with E-state index in [4.69, 9.17) is 5.11 Å². The van der Waals surface area contributed by atoms with E-state index in [1.54, 1.807) is 18.2 Å². The molecular weight excluding hydrogens is 236 g/mol. The van der Waals surface area contributed by atoms with Crippen molar-refractivity contribution in [2.45, 2.75) is 6.42 Å². The minimum Gasteiger partial charge on any atom is -0.478 e. The van der Waals surface area contributed by atoms with Crippen molar-refractivity contribution < 1.29 is 14.7 Å². The van der Waals surface area contributed by atoms with Gasteiger partial charge in [-0.1, -0.05) is 18.2 Å². The first-order chi connectivity index (χ1) is 8.66. The molecule has 0 fully saturated rings. The molecular formula is C11H10N4O3. The fourth-order valence-corrected chi connectivity index (χ4v) is 1.50. The molecule has 1 heterocycles. The smallest absolute Gasteiger partial charge is 0.335 e. The molecule has 7 heteroatoms. The fourth-order valence-electron chi connectivity index (χ4n) is 1.50. The van der Waals surface area contributed by atoms with Gasteiger partial charge in [0.2, 0.25) is 11.9 Å². The largest absolute Gasteiger partial charge is 0.478 e. The first-order valence-electron chi connectivity index (χ1n) is 5.13. The van der Waals surface area contributed by atoms with Crippen LogP contribution in [0.2, 0.25) is 0 Å². The van der Waals surface area contributed by atoms with Crippen LogP contribution in [0.25, 0.3) is 0 Å². The molecule has 92 valence electrons. The first-order valence-corrected chi connectivity index (χ1v) is 5.13. The number of aromatic nitrogens is 3. The van der Waals surface area contributed by atoms with Crippen LogP contribution < -0.4 is 5.32 Å². The van der Waals surface area contributed by atoms with Gasteiger partial charge < -0.3 is 5.11 Å². The SMILES string of the molecule is O=C(Cc1ccccc1C(=O)O)Nc1ncn[nH]1. The number of H-pyrrole nitrogens is 1. The maximum atomic E-state index is 11.7. The summed E-state index contributed by atoms with van der Waals surface area (Å²) in [4.78, 5) is 26.4. The summed E-state index contributed by atoms with van der Waals surface area (Å²) in [5.41, 5.74) is 0.562. The number of carbonyl (C=O) groups excluding carboxylic acids is 1. The summed E-state index contributed by atoms with van der Waals surface area (Å²) in [7, 11) is 0. The number of carboxylic acid groups (broad SMARTS) is 1. The lowest BCUT2D eigenvalue weighted by Gasteiger charge is -2.05. The van der Waals surface area contributed by atoms with Crippen LogP contribution in [0.4, 0.5) is 5.95 Å². The van der Waals surface area contributed by atoms with E-state index in [2.05, 4.69) is 20.5 Å².